The minimum absolute atomic E-state index is 0.0161. The number of ketones is 1. The summed E-state index contributed by atoms with van der Waals surface area (Å²) in [6.45, 7) is 5.28. The Kier molecular flexibility index (Phi) is 6.00. The third-order valence-corrected chi connectivity index (χ3v) is 11.1. The summed E-state index contributed by atoms with van der Waals surface area (Å²) in [6.07, 6.45) is 4.84. The quantitative estimate of drug-likeness (QED) is 0.607. The number of nitrogens with zero attached hydrogens (tertiary/aromatic N) is 1. The van der Waals surface area contributed by atoms with Crippen LogP contribution in [0.1, 0.15) is 59.3 Å². The molecule has 4 bridgehead atoms. The van der Waals surface area contributed by atoms with E-state index in [4.69, 9.17) is 17.3 Å². The van der Waals surface area contributed by atoms with Crippen molar-refractivity contribution >= 4 is 33.3 Å². The van der Waals surface area contributed by atoms with Crippen LogP contribution in [-0.2, 0) is 19.6 Å². The minimum atomic E-state index is -3.95. The normalized spacial score (nSPS) is 31.8. The van der Waals surface area contributed by atoms with Gasteiger partial charge in [-0.15, -0.1) is 0 Å². The standard InChI is InChI=1S/C24H33ClN2O4S/c1-4-27(32(30,31)20-8-6-5-7-19(20)25)23(2,3)21(28)11-18-16-9-15-10-17(18)14-24(12-15,13-16)22(26)29/h5-8,15-18H,4,9-14H2,1-3H3,(H2,26,29). The molecule has 6 nitrogen and oxygen atoms in total. The SMILES string of the molecule is CCN(C(C)(C)C(=O)CC1C2CC3CC1CC(C(N)=O)(C3)C2)S(=O)(=O)c1ccccc1Cl. The highest BCUT2D eigenvalue weighted by atomic mass is 35.5. The molecule has 2 atom stereocenters. The summed E-state index contributed by atoms with van der Waals surface area (Å²) in [5.74, 6) is 1.05. The Morgan fingerprint density at radius 2 is 1.75 bits per heavy atom. The van der Waals surface area contributed by atoms with Gasteiger partial charge in [-0.3, -0.25) is 9.59 Å². The Labute approximate surface area is 195 Å². The zero-order valence-electron chi connectivity index (χ0n) is 19.0. The molecule has 0 saturated heterocycles. The third kappa shape index (κ3) is 3.70. The smallest absolute Gasteiger partial charge is 0.245 e. The Morgan fingerprint density at radius 1 is 1.16 bits per heavy atom. The van der Waals surface area contributed by atoms with Gasteiger partial charge in [0.05, 0.1) is 10.6 Å². The first kappa shape index (κ1) is 23.7. The molecule has 2 unspecified atom stereocenters. The predicted molar refractivity (Wildman–Crippen MR) is 123 cm³/mol. The maximum absolute atomic E-state index is 13.6. The van der Waals surface area contributed by atoms with Crippen LogP contribution in [0.4, 0.5) is 0 Å². The van der Waals surface area contributed by atoms with Gasteiger partial charge in [-0.05, 0) is 81.8 Å². The summed E-state index contributed by atoms with van der Waals surface area (Å²) in [4.78, 5) is 25.8. The van der Waals surface area contributed by atoms with Crippen LogP contribution < -0.4 is 5.73 Å². The first-order valence-electron chi connectivity index (χ1n) is 11.5. The fraction of sp³-hybridized carbons (Fsp3) is 0.667. The van der Waals surface area contributed by atoms with Gasteiger partial charge in [0.1, 0.15) is 4.90 Å². The summed E-state index contributed by atoms with van der Waals surface area (Å²) in [6, 6.07) is 6.33. The van der Waals surface area contributed by atoms with Crippen LogP contribution in [0.15, 0.2) is 29.2 Å². The average molecular weight is 481 g/mol. The van der Waals surface area contributed by atoms with Crippen LogP contribution in [0.25, 0.3) is 0 Å². The zero-order valence-corrected chi connectivity index (χ0v) is 20.6. The van der Waals surface area contributed by atoms with Crippen molar-refractivity contribution in [2.45, 2.75) is 69.7 Å². The second-order valence-electron chi connectivity index (χ2n) is 10.6. The largest absolute Gasteiger partial charge is 0.369 e. The lowest BCUT2D eigenvalue weighted by atomic mass is 9.45. The van der Waals surface area contributed by atoms with E-state index in [1.807, 2.05) is 0 Å². The van der Waals surface area contributed by atoms with Crippen molar-refractivity contribution in [2.24, 2.45) is 34.8 Å². The monoisotopic (exact) mass is 480 g/mol. The van der Waals surface area contributed by atoms with Gasteiger partial charge in [0.25, 0.3) is 0 Å². The topological polar surface area (TPSA) is 97.5 Å². The fourth-order valence-corrected chi connectivity index (χ4v) is 9.28. The lowest BCUT2D eigenvalue weighted by molar-refractivity contribution is -0.152. The molecule has 4 saturated carbocycles. The van der Waals surface area contributed by atoms with Gasteiger partial charge >= 0.3 is 0 Å². The molecule has 0 spiro atoms. The van der Waals surface area contributed by atoms with Crippen LogP contribution in [-0.4, -0.2) is 36.5 Å². The Hall–Kier alpha value is -1.44. The molecule has 4 fully saturated rings. The van der Waals surface area contributed by atoms with Gasteiger partial charge in [-0.2, -0.15) is 4.31 Å². The molecule has 0 aliphatic heterocycles. The number of hydrogen-bond donors (Lipinski definition) is 1. The Morgan fingerprint density at radius 3 is 2.28 bits per heavy atom. The third-order valence-electron chi connectivity index (χ3n) is 8.41. The van der Waals surface area contributed by atoms with E-state index in [0.717, 1.165) is 32.1 Å². The molecule has 0 heterocycles. The molecule has 0 radical (unpaired) electrons. The molecule has 0 aromatic heterocycles. The summed E-state index contributed by atoms with van der Waals surface area (Å²) in [5, 5.41) is 0.145. The van der Waals surface area contributed by atoms with Crippen molar-refractivity contribution in [1.29, 1.82) is 0 Å². The van der Waals surface area contributed by atoms with E-state index in [9.17, 15) is 18.0 Å². The number of amides is 1. The zero-order chi connectivity index (χ0) is 23.5. The summed E-state index contributed by atoms with van der Waals surface area (Å²) >= 11 is 6.19. The molecule has 1 amide bonds. The van der Waals surface area contributed by atoms with E-state index in [1.54, 1.807) is 39.0 Å². The number of nitrogens with two attached hydrogens (primary N) is 1. The summed E-state index contributed by atoms with van der Waals surface area (Å²) in [5.41, 5.74) is 4.19. The Balaban J connectivity index is 1.56. The second kappa shape index (κ2) is 8.10. The van der Waals surface area contributed by atoms with E-state index in [2.05, 4.69) is 0 Å². The van der Waals surface area contributed by atoms with Crippen LogP contribution >= 0.6 is 11.6 Å². The maximum Gasteiger partial charge on any atom is 0.245 e. The molecule has 1 aromatic carbocycles. The number of carbonyl (C=O) groups excluding carboxylic acids is 2. The van der Waals surface area contributed by atoms with Crippen LogP contribution in [0, 0.1) is 29.1 Å². The van der Waals surface area contributed by atoms with E-state index in [1.165, 1.54) is 10.4 Å². The van der Waals surface area contributed by atoms with Crippen molar-refractivity contribution in [2.75, 3.05) is 6.54 Å². The number of rotatable bonds is 8. The van der Waals surface area contributed by atoms with E-state index < -0.39 is 21.0 Å². The first-order chi connectivity index (χ1) is 14.9. The minimum Gasteiger partial charge on any atom is -0.369 e. The number of benzene rings is 1. The summed E-state index contributed by atoms with van der Waals surface area (Å²) in [7, 11) is -3.95. The highest BCUT2D eigenvalue weighted by Crippen LogP contribution is 2.63. The molecule has 32 heavy (non-hydrogen) atoms. The van der Waals surface area contributed by atoms with Gasteiger partial charge < -0.3 is 5.73 Å². The second-order valence-corrected chi connectivity index (χ2v) is 12.8. The van der Waals surface area contributed by atoms with Crippen molar-refractivity contribution in [1.82, 2.24) is 4.31 Å². The molecule has 8 heteroatoms. The number of sulfonamides is 1. The number of carbonyl (C=O) groups is 2. The Bertz CT molecular complexity index is 1020. The molecule has 4 aliphatic carbocycles. The van der Waals surface area contributed by atoms with E-state index in [0.29, 0.717) is 24.2 Å². The van der Waals surface area contributed by atoms with Gasteiger partial charge in [0.15, 0.2) is 5.78 Å². The van der Waals surface area contributed by atoms with Gasteiger partial charge in [-0.1, -0.05) is 30.7 Å². The number of likely N-dealkylation sites (N-methyl/N-ethyl adjacent to an activating group) is 1. The molecular weight excluding hydrogens is 448 g/mol. The molecule has 5 rings (SSSR count). The number of primary amides is 1. The number of Topliss-reactive ketones (excluding diaryl/α,β-unsaturated/α-hetero) is 1. The van der Waals surface area contributed by atoms with Crippen LogP contribution in [0.5, 0.6) is 0 Å². The molecule has 1 aromatic rings. The average Bonchev–Trinajstić information content (AvgIpc) is 2.70. The lowest BCUT2D eigenvalue weighted by Gasteiger charge is -2.59. The van der Waals surface area contributed by atoms with Gasteiger partial charge in [0, 0.05) is 18.4 Å². The molecular formula is C24H33ClN2O4S. The highest BCUT2D eigenvalue weighted by Gasteiger charge is 2.58. The van der Waals surface area contributed by atoms with Crippen molar-refractivity contribution in [3.05, 3.63) is 29.3 Å². The van der Waals surface area contributed by atoms with Crippen LogP contribution in [0.3, 0.4) is 0 Å². The van der Waals surface area contributed by atoms with Gasteiger partial charge in [0.2, 0.25) is 15.9 Å². The van der Waals surface area contributed by atoms with Crippen molar-refractivity contribution in [3.63, 3.8) is 0 Å². The highest BCUT2D eigenvalue weighted by molar-refractivity contribution is 7.89. The lowest BCUT2D eigenvalue weighted by Crippen LogP contribution is -2.58. The maximum atomic E-state index is 13.6. The van der Waals surface area contributed by atoms with E-state index in [-0.39, 0.29) is 34.1 Å². The van der Waals surface area contributed by atoms with Crippen LogP contribution in [0.2, 0.25) is 5.02 Å². The van der Waals surface area contributed by atoms with Gasteiger partial charge in [-0.25, -0.2) is 8.42 Å². The van der Waals surface area contributed by atoms with Crippen molar-refractivity contribution < 1.29 is 18.0 Å². The number of halogens is 1. The fourth-order valence-electron chi connectivity index (χ4n) is 7.01. The first-order valence-corrected chi connectivity index (χ1v) is 13.3. The summed E-state index contributed by atoms with van der Waals surface area (Å²) < 4.78 is 28.1. The molecule has 2 N–H and O–H groups in total. The van der Waals surface area contributed by atoms with Crippen molar-refractivity contribution in [3.8, 4) is 0 Å². The molecule has 4 aliphatic rings. The predicted octanol–water partition coefficient (Wildman–Crippen LogP) is 4.02. The molecule has 176 valence electrons. The number of hydrogen-bond acceptors (Lipinski definition) is 4. The van der Waals surface area contributed by atoms with E-state index >= 15 is 0 Å².